The molecule has 2 fully saturated rings. The van der Waals surface area contributed by atoms with Gasteiger partial charge in [-0.2, -0.15) is 0 Å². The predicted octanol–water partition coefficient (Wildman–Crippen LogP) is 3.23. The van der Waals surface area contributed by atoms with Crippen LogP contribution in [0.4, 0.5) is 0 Å². The standard InChI is InChI=1S/C24H35ClN2O4.ClH/c1-3-31-23(30)18(13-16-9-5-4-6-10-16)27-22(29)17-14-20(25)24(15-19(17)28)12-8-7-11-21(24)26-2;/h4-6,9-10,17-21,26,28H,3,7-8,11-15H2,1-2H3,(H,27,29);1H/t17?,18-,19?,20?,21?,24?;/m1./s1. The highest BCUT2D eigenvalue weighted by Crippen LogP contribution is 2.51. The topological polar surface area (TPSA) is 87.7 Å². The number of alkyl halides is 1. The van der Waals surface area contributed by atoms with E-state index < -0.39 is 24.0 Å². The third kappa shape index (κ3) is 5.96. The van der Waals surface area contributed by atoms with Crippen molar-refractivity contribution < 1.29 is 19.4 Å². The summed E-state index contributed by atoms with van der Waals surface area (Å²) in [6.07, 6.45) is 4.67. The molecule has 0 bridgehead atoms. The lowest BCUT2D eigenvalue weighted by Crippen LogP contribution is -2.59. The number of rotatable bonds is 7. The maximum absolute atomic E-state index is 13.1. The van der Waals surface area contributed by atoms with Crippen LogP contribution in [-0.4, -0.2) is 54.2 Å². The second-order valence-corrected chi connectivity index (χ2v) is 9.43. The zero-order valence-electron chi connectivity index (χ0n) is 18.9. The van der Waals surface area contributed by atoms with Gasteiger partial charge in [0.25, 0.3) is 0 Å². The van der Waals surface area contributed by atoms with Crippen molar-refractivity contribution in [3.63, 3.8) is 0 Å². The summed E-state index contributed by atoms with van der Waals surface area (Å²) in [4.78, 5) is 25.6. The summed E-state index contributed by atoms with van der Waals surface area (Å²) < 4.78 is 5.18. The number of benzene rings is 1. The molecule has 32 heavy (non-hydrogen) atoms. The van der Waals surface area contributed by atoms with Crippen LogP contribution in [0.3, 0.4) is 0 Å². The van der Waals surface area contributed by atoms with Gasteiger partial charge in [-0.1, -0.05) is 43.2 Å². The molecule has 1 amide bonds. The van der Waals surface area contributed by atoms with Crippen molar-refractivity contribution in [2.24, 2.45) is 11.3 Å². The van der Waals surface area contributed by atoms with Gasteiger partial charge in [0.2, 0.25) is 5.91 Å². The average molecular weight is 487 g/mol. The van der Waals surface area contributed by atoms with Gasteiger partial charge >= 0.3 is 5.97 Å². The number of halogens is 2. The second kappa shape index (κ2) is 12.2. The van der Waals surface area contributed by atoms with E-state index in [1.165, 1.54) is 0 Å². The third-order valence-electron chi connectivity index (χ3n) is 7.07. The molecule has 2 aliphatic rings. The smallest absolute Gasteiger partial charge is 0.328 e. The van der Waals surface area contributed by atoms with Crippen molar-refractivity contribution in [1.82, 2.24) is 10.6 Å². The lowest BCUT2D eigenvalue weighted by Gasteiger charge is -2.52. The van der Waals surface area contributed by atoms with Crippen LogP contribution in [-0.2, 0) is 20.7 Å². The van der Waals surface area contributed by atoms with E-state index in [9.17, 15) is 14.7 Å². The Labute approximate surface area is 202 Å². The van der Waals surface area contributed by atoms with E-state index in [1.54, 1.807) is 6.92 Å². The molecule has 1 aromatic carbocycles. The van der Waals surface area contributed by atoms with Gasteiger partial charge in [0.15, 0.2) is 0 Å². The highest BCUT2D eigenvalue weighted by Gasteiger charge is 2.53. The van der Waals surface area contributed by atoms with Gasteiger partial charge in [-0.3, -0.25) is 4.79 Å². The van der Waals surface area contributed by atoms with Crippen LogP contribution in [0.2, 0.25) is 0 Å². The monoisotopic (exact) mass is 486 g/mol. The highest BCUT2D eigenvalue weighted by atomic mass is 35.5. The first-order valence-electron chi connectivity index (χ1n) is 11.4. The minimum Gasteiger partial charge on any atom is -0.464 e. The number of amides is 1. The Morgan fingerprint density at radius 1 is 1.28 bits per heavy atom. The van der Waals surface area contributed by atoms with E-state index in [-0.39, 0.29) is 41.8 Å². The minimum absolute atomic E-state index is 0. The van der Waals surface area contributed by atoms with Gasteiger partial charge in [-0.25, -0.2) is 4.79 Å². The number of carbonyl (C=O) groups is 2. The summed E-state index contributed by atoms with van der Waals surface area (Å²) in [6, 6.07) is 8.95. The first-order valence-corrected chi connectivity index (χ1v) is 11.8. The summed E-state index contributed by atoms with van der Waals surface area (Å²) in [6.45, 7) is 1.98. The van der Waals surface area contributed by atoms with Gasteiger partial charge in [-0.15, -0.1) is 24.0 Å². The summed E-state index contributed by atoms with van der Waals surface area (Å²) in [5.41, 5.74) is 0.730. The van der Waals surface area contributed by atoms with E-state index in [4.69, 9.17) is 16.3 Å². The molecule has 2 saturated carbocycles. The van der Waals surface area contributed by atoms with Crippen LogP contribution in [0.1, 0.15) is 51.0 Å². The van der Waals surface area contributed by atoms with Gasteiger partial charge in [0, 0.05) is 23.3 Å². The molecule has 1 aromatic rings. The van der Waals surface area contributed by atoms with E-state index in [0.717, 1.165) is 31.2 Å². The number of hydrogen-bond acceptors (Lipinski definition) is 5. The van der Waals surface area contributed by atoms with Crippen molar-refractivity contribution >= 4 is 35.9 Å². The van der Waals surface area contributed by atoms with Crippen molar-refractivity contribution in [1.29, 1.82) is 0 Å². The molecular formula is C24H36Cl2N2O4. The molecule has 0 aromatic heterocycles. The fourth-order valence-electron chi connectivity index (χ4n) is 5.44. The maximum atomic E-state index is 13.1. The van der Waals surface area contributed by atoms with Gasteiger partial charge in [-0.05, 0) is 45.2 Å². The number of ether oxygens (including phenoxy) is 1. The lowest BCUT2D eigenvalue weighted by atomic mass is 9.59. The molecule has 3 N–H and O–H groups in total. The molecule has 2 aliphatic carbocycles. The molecule has 0 saturated heterocycles. The molecule has 1 spiro atoms. The van der Waals surface area contributed by atoms with Crippen molar-refractivity contribution in [2.75, 3.05) is 13.7 Å². The number of aliphatic hydroxyl groups is 1. The Morgan fingerprint density at radius 3 is 2.66 bits per heavy atom. The zero-order chi connectivity index (χ0) is 22.4. The minimum atomic E-state index is -0.800. The van der Waals surface area contributed by atoms with Crippen LogP contribution in [0, 0.1) is 11.3 Å². The molecule has 6 nitrogen and oxygen atoms in total. The van der Waals surface area contributed by atoms with E-state index >= 15 is 0 Å². The molecule has 5 unspecified atom stereocenters. The van der Waals surface area contributed by atoms with E-state index in [2.05, 4.69) is 10.6 Å². The molecule has 0 aliphatic heterocycles. The van der Waals surface area contributed by atoms with Crippen molar-refractivity contribution in [3.05, 3.63) is 35.9 Å². The van der Waals surface area contributed by atoms with Gasteiger partial charge in [0.05, 0.1) is 18.6 Å². The van der Waals surface area contributed by atoms with Crippen LogP contribution >= 0.6 is 24.0 Å². The number of carbonyl (C=O) groups excluding carboxylic acids is 2. The summed E-state index contributed by atoms with van der Waals surface area (Å²) in [5.74, 6) is -1.44. The van der Waals surface area contributed by atoms with Crippen LogP contribution in [0.25, 0.3) is 0 Å². The number of aliphatic hydroxyl groups excluding tert-OH is 1. The summed E-state index contributed by atoms with van der Waals surface area (Å²) >= 11 is 6.89. The molecule has 8 heteroatoms. The largest absolute Gasteiger partial charge is 0.464 e. The second-order valence-electron chi connectivity index (χ2n) is 8.90. The molecular weight excluding hydrogens is 451 g/mol. The Hall–Kier alpha value is -1.34. The van der Waals surface area contributed by atoms with Crippen molar-refractivity contribution in [3.8, 4) is 0 Å². The van der Waals surface area contributed by atoms with E-state index in [1.807, 2.05) is 37.4 Å². The zero-order valence-corrected chi connectivity index (χ0v) is 20.5. The number of esters is 1. The summed E-state index contributed by atoms with van der Waals surface area (Å²) in [7, 11) is 1.94. The molecule has 6 atom stereocenters. The Balaban J connectivity index is 0.00000363. The predicted molar refractivity (Wildman–Crippen MR) is 128 cm³/mol. The molecule has 0 heterocycles. The van der Waals surface area contributed by atoms with E-state index in [0.29, 0.717) is 19.3 Å². The fourth-order valence-corrected chi connectivity index (χ4v) is 5.98. The Kier molecular flexibility index (Phi) is 10.3. The van der Waals surface area contributed by atoms with Crippen LogP contribution in [0.5, 0.6) is 0 Å². The quantitative estimate of drug-likeness (QED) is 0.406. The highest BCUT2D eigenvalue weighted by molar-refractivity contribution is 6.21. The van der Waals surface area contributed by atoms with Gasteiger partial charge in [0.1, 0.15) is 6.04 Å². The molecule has 180 valence electrons. The first-order chi connectivity index (χ1) is 14.9. The SMILES string of the molecule is CCOC(=O)[C@@H](Cc1ccccc1)NC(=O)C1CC(Cl)C2(CCCCC2NC)CC1O.Cl. The number of nitrogens with one attached hydrogen (secondary N) is 2. The first kappa shape index (κ1) is 26.9. The molecule has 3 rings (SSSR count). The summed E-state index contributed by atoms with van der Waals surface area (Å²) in [5, 5.41) is 17.0. The lowest BCUT2D eigenvalue weighted by molar-refractivity contribution is -0.149. The fraction of sp³-hybridized carbons (Fsp3) is 0.667. The molecule has 0 radical (unpaired) electrons. The Bertz CT molecular complexity index is 751. The number of hydrogen-bond donors (Lipinski definition) is 3. The third-order valence-corrected chi connectivity index (χ3v) is 7.69. The van der Waals surface area contributed by atoms with Crippen LogP contribution < -0.4 is 10.6 Å². The van der Waals surface area contributed by atoms with Crippen LogP contribution in [0.15, 0.2) is 30.3 Å². The van der Waals surface area contributed by atoms with Gasteiger partial charge < -0.3 is 20.5 Å². The normalized spacial score (nSPS) is 30.8. The maximum Gasteiger partial charge on any atom is 0.328 e. The van der Waals surface area contributed by atoms with Crippen molar-refractivity contribution in [2.45, 2.75) is 75.4 Å². The Morgan fingerprint density at radius 2 is 2.00 bits per heavy atom. The average Bonchev–Trinajstić information content (AvgIpc) is 2.77.